The van der Waals surface area contributed by atoms with Gasteiger partial charge in [-0.15, -0.1) is 0 Å². The number of ether oxygens (including phenoxy) is 2. The number of aliphatic carboxylic acids is 1. The lowest BCUT2D eigenvalue weighted by Crippen LogP contribution is -2.46. The Morgan fingerprint density at radius 2 is 1.64 bits per heavy atom. The van der Waals surface area contributed by atoms with Crippen LogP contribution in [-0.4, -0.2) is 49.6 Å². The number of hydrogen-bond acceptors (Lipinski definition) is 5. The fraction of sp³-hybridized carbons (Fsp3) is 0.536. The third-order valence-electron chi connectivity index (χ3n) is 8.14. The van der Waals surface area contributed by atoms with Gasteiger partial charge in [-0.2, -0.15) is 4.31 Å². The number of nitrogens with zero attached hydrogens (tertiary/aromatic N) is 1. The van der Waals surface area contributed by atoms with Crippen LogP contribution in [0.25, 0.3) is 0 Å². The number of methoxy groups -OCH3 is 1. The van der Waals surface area contributed by atoms with Crippen LogP contribution in [0.1, 0.15) is 67.3 Å². The number of benzene rings is 2. The van der Waals surface area contributed by atoms with Crippen molar-refractivity contribution in [1.29, 1.82) is 0 Å². The van der Waals surface area contributed by atoms with Crippen molar-refractivity contribution in [3.63, 3.8) is 0 Å². The van der Waals surface area contributed by atoms with Gasteiger partial charge in [-0.05, 0) is 100 Å². The molecule has 0 unspecified atom stereocenters. The molecule has 36 heavy (non-hydrogen) atoms. The molecule has 2 heterocycles. The van der Waals surface area contributed by atoms with Gasteiger partial charge < -0.3 is 14.6 Å². The van der Waals surface area contributed by atoms with E-state index in [1.165, 1.54) is 4.31 Å². The topological polar surface area (TPSA) is 93.1 Å². The van der Waals surface area contributed by atoms with Crippen LogP contribution in [0.5, 0.6) is 11.5 Å². The second kappa shape index (κ2) is 9.38. The molecule has 7 nitrogen and oxygen atoms in total. The molecule has 2 aliphatic rings. The Morgan fingerprint density at radius 1 is 1.03 bits per heavy atom. The first kappa shape index (κ1) is 26.5. The summed E-state index contributed by atoms with van der Waals surface area (Å²) in [6.45, 7) is 10.3. The van der Waals surface area contributed by atoms with Crippen LogP contribution in [0.4, 0.5) is 0 Å². The molecule has 0 aliphatic carbocycles. The monoisotopic (exact) mass is 515 g/mol. The predicted octanol–water partition coefficient (Wildman–Crippen LogP) is 4.92. The van der Waals surface area contributed by atoms with Crippen LogP contribution in [-0.2, 0) is 26.7 Å². The molecule has 0 atom stereocenters. The van der Waals surface area contributed by atoms with Crippen LogP contribution in [0.15, 0.2) is 29.2 Å². The highest BCUT2D eigenvalue weighted by Crippen LogP contribution is 2.45. The van der Waals surface area contributed by atoms with Crippen molar-refractivity contribution >= 4 is 16.0 Å². The maximum Gasteiger partial charge on any atom is 0.304 e. The number of rotatable bonds is 6. The zero-order valence-electron chi connectivity index (χ0n) is 22.1. The third-order valence-corrected chi connectivity index (χ3v) is 10.3. The molecule has 196 valence electrons. The fourth-order valence-electron chi connectivity index (χ4n) is 5.82. The van der Waals surface area contributed by atoms with Gasteiger partial charge in [0.15, 0.2) is 0 Å². The van der Waals surface area contributed by atoms with Crippen molar-refractivity contribution in [3.8, 4) is 11.5 Å². The molecule has 2 aromatic carbocycles. The van der Waals surface area contributed by atoms with Gasteiger partial charge in [0.2, 0.25) is 10.0 Å². The minimum Gasteiger partial charge on any atom is -0.497 e. The van der Waals surface area contributed by atoms with E-state index in [9.17, 15) is 18.3 Å². The number of carboxylic acids is 1. The number of hydrogen-bond donors (Lipinski definition) is 1. The molecule has 1 saturated heterocycles. The van der Waals surface area contributed by atoms with Gasteiger partial charge in [0.1, 0.15) is 17.1 Å². The lowest BCUT2D eigenvalue weighted by molar-refractivity contribution is -0.138. The van der Waals surface area contributed by atoms with E-state index in [1.807, 2.05) is 45.0 Å². The van der Waals surface area contributed by atoms with E-state index in [1.54, 1.807) is 7.11 Å². The summed E-state index contributed by atoms with van der Waals surface area (Å²) >= 11 is 0. The van der Waals surface area contributed by atoms with Crippen molar-refractivity contribution in [2.45, 2.75) is 82.6 Å². The summed E-state index contributed by atoms with van der Waals surface area (Å²) in [6, 6.07) is 7.45. The van der Waals surface area contributed by atoms with Gasteiger partial charge in [0.25, 0.3) is 0 Å². The van der Waals surface area contributed by atoms with Gasteiger partial charge in [0, 0.05) is 18.5 Å². The Bertz CT molecular complexity index is 1270. The summed E-state index contributed by atoms with van der Waals surface area (Å²) in [5.41, 5.74) is 3.34. The lowest BCUT2D eigenvalue weighted by atomic mass is 9.71. The van der Waals surface area contributed by atoms with E-state index in [-0.39, 0.29) is 25.1 Å². The van der Waals surface area contributed by atoms with E-state index in [2.05, 4.69) is 13.8 Å². The van der Waals surface area contributed by atoms with Crippen molar-refractivity contribution in [3.05, 3.63) is 52.1 Å². The second-order valence-corrected chi connectivity index (χ2v) is 12.7. The fourth-order valence-corrected chi connectivity index (χ4v) is 7.79. The summed E-state index contributed by atoms with van der Waals surface area (Å²) in [5, 5.41) is 9.68. The Hall–Kier alpha value is -2.58. The third kappa shape index (κ3) is 4.61. The van der Waals surface area contributed by atoms with Crippen LogP contribution >= 0.6 is 0 Å². The standard InChI is InChI=1S/C28H37NO6S/c1-18-19(2)26(20(3)23-11-12-27(4,5)35-25(18)23)36(32,33)29-15-13-28(14-16-29,17-24(30)31)21-7-9-22(34-6)10-8-21/h7-10H,11-17H2,1-6H3,(H,30,31). The predicted molar refractivity (Wildman–Crippen MR) is 139 cm³/mol. The molecule has 0 bridgehead atoms. The number of fused-ring (bicyclic) bond motifs is 1. The number of piperidine rings is 1. The normalized spacial score (nSPS) is 19.3. The zero-order valence-corrected chi connectivity index (χ0v) is 22.9. The maximum atomic E-state index is 14.0. The Kier molecular flexibility index (Phi) is 6.90. The van der Waals surface area contributed by atoms with Crippen molar-refractivity contribution in [2.24, 2.45) is 0 Å². The summed E-state index contributed by atoms with van der Waals surface area (Å²) in [7, 11) is -2.18. The molecular formula is C28H37NO6S. The second-order valence-electron chi connectivity index (χ2n) is 10.9. The van der Waals surface area contributed by atoms with Gasteiger partial charge in [-0.1, -0.05) is 12.1 Å². The molecule has 8 heteroatoms. The first-order chi connectivity index (χ1) is 16.8. The highest BCUT2D eigenvalue weighted by atomic mass is 32.2. The average Bonchev–Trinajstić information content (AvgIpc) is 2.82. The minimum absolute atomic E-state index is 0.0453. The Balaban J connectivity index is 1.67. The SMILES string of the molecule is COc1ccc(C2(CC(=O)O)CCN(S(=O)(=O)c3c(C)c(C)c4c(c3C)CCC(C)(C)O4)CC2)cc1. The van der Waals surface area contributed by atoms with Crippen molar-refractivity contribution < 1.29 is 27.8 Å². The van der Waals surface area contributed by atoms with E-state index in [0.29, 0.717) is 23.5 Å². The zero-order chi connectivity index (χ0) is 26.5. The van der Waals surface area contributed by atoms with Crippen LogP contribution in [0, 0.1) is 20.8 Å². The van der Waals surface area contributed by atoms with Gasteiger partial charge in [0.05, 0.1) is 18.4 Å². The quantitative estimate of drug-likeness (QED) is 0.587. The molecule has 0 saturated carbocycles. The van der Waals surface area contributed by atoms with Crippen LogP contribution < -0.4 is 9.47 Å². The summed E-state index contributed by atoms with van der Waals surface area (Å²) < 4.78 is 41.1. The average molecular weight is 516 g/mol. The van der Waals surface area contributed by atoms with E-state index in [0.717, 1.165) is 46.4 Å². The largest absolute Gasteiger partial charge is 0.497 e. The van der Waals surface area contributed by atoms with Crippen molar-refractivity contribution in [1.82, 2.24) is 4.31 Å². The Morgan fingerprint density at radius 3 is 2.19 bits per heavy atom. The molecule has 0 radical (unpaired) electrons. The molecule has 1 fully saturated rings. The minimum atomic E-state index is -3.77. The van der Waals surface area contributed by atoms with Gasteiger partial charge in [-0.25, -0.2) is 8.42 Å². The van der Waals surface area contributed by atoms with Crippen LogP contribution in [0.3, 0.4) is 0 Å². The molecule has 1 N–H and O–H groups in total. The van der Waals surface area contributed by atoms with Gasteiger partial charge >= 0.3 is 5.97 Å². The summed E-state index contributed by atoms with van der Waals surface area (Å²) in [5.74, 6) is 0.631. The number of carboxylic acid groups (broad SMARTS) is 1. The smallest absolute Gasteiger partial charge is 0.304 e. The highest BCUT2D eigenvalue weighted by molar-refractivity contribution is 7.89. The first-order valence-corrected chi connectivity index (χ1v) is 13.9. The summed E-state index contributed by atoms with van der Waals surface area (Å²) in [4.78, 5) is 12.2. The van der Waals surface area contributed by atoms with E-state index < -0.39 is 21.4 Å². The number of carbonyl (C=O) groups is 1. The molecule has 2 aliphatic heterocycles. The maximum absolute atomic E-state index is 14.0. The van der Waals surface area contributed by atoms with Crippen LogP contribution in [0.2, 0.25) is 0 Å². The molecule has 2 aromatic rings. The first-order valence-electron chi connectivity index (χ1n) is 12.5. The van der Waals surface area contributed by atoms with E-state index in [4.69, 9.17) is 9.47 Å². The summed E-state index contributed by atoms with van der Waals surface area (Å²) in [6.07, 6.45) is 2.42. The molecule has 0 amide bonds. The van der Waals surface area contributed by atoms with E-state index >= 15 is 0 Å². The number of sulfonamides is 1. The molecule has 0 aromatic heterocycles. The lowest BCUT2D eigenvalue weighted by Gasteiger charge is -2.41. The molecular weight excluding hydrogens is 478 g/mol. The highest BCUT2D eigenvalue weighted by Gasteiger charge is 2.43. The Labute approximate surface area is 214 Å². The molecule has 4 rings (SSSR count). The van der Waals surface area contributed by atoms with Crippen molar-refractivity contribution in [2.75, 3.05) is 20.2 Å². The molecule has 0 spiro atoms. The van der Waals surface area contributed by atoms with Gasteiger partial charge in [-0.3, -0.25) is 4.79 Å².